The minimum atomic E-state index is -0.133. The quantitative estimate of drug-likeness (QED) is 0.479. The maximum absolute atomic E-state index is 9.23. The van der Waals surface area contributed by atoms with Gasteiger partial charge in [0.2, 0.25) is 0 Å². The summed E-state index contributed by atoms with van der Waals surface area (Å²) in [5, 5.41) is 25.3. The van der Waals surface area contributed by atoms with E-state index in [1.165, 1.54) is 0 Å². The Hall–Kier alpha value is -2.14. The van der Waals surface area contributed by atoms with E-state index < -0.39 is 0 Å². The molecule has 0 spiro atoms. The second-order valence-corrected chi connectivity index (χ2v) is 3.59. The Morgan fingerprint density at radius 1 is 1.41 bits per heavy atom. The minimum Gasteiger partial charge on any atom is -0.410 e. The van der Waals surface area contributed by atoms with Gasteiger partial charge in [0.25, 0.3) is 0 Å². The van der Waals surface area contributed by atoms with E-state index in [0.717, 1.165) is 0 Å². The first-order chi connectivity index (χ1) is 8.26. The van der Waals surface area contributed by atoms with Crippen LogP contribution in [0.15, 0.2) is 40.0 Å². The number of aromatic nitrogens is 1. The lowest BCUT2D eigenvalue weighted by Gasteiger charge is -2.06. The van der Waals surface area contributed by atoms with Crippen LogP contribution in [0.1, 0.15) is 22.6 Å². The first-order valence-corrected chi connectivity index (χ1v) is 5.11. The van der Waals surface area contributed by atoms with E-state index in [0.29, 0.717) is 22.6 Å². The summed E-state index contributed by atoms with van der Waals surface area (Å²) in [6, 6.07) is 8.78. The van der Waals surface area contributed by atoms with Gasteiger partial charge in [-0.15, -0.1) is 0 Å². The molecule has 1 aromatic heterocycles. The van der Waals surface area contributed by atoms with Crippen LogP contribution in [0.2, 0.25) is 0 Å². The van der Waals surface area contributed by atoms with Crippen molar-refractivity contribution >= 4 is 5.71 Å². The fourth-order valence-corrected chi connectivity index (χ4v) is 1.61. The third-order valence-electron chi connectivity index (χ3n) is 2.41. The van der Waals surface area contributed by atoms with Gasteiger partial charge in [0.05, 0.1) is 6.61 Å². The van der Waals surface area contributed by atoms with Gasteiger partial charge in [0.1, 0.15) is 17.2 Å². The predicted molar refractivity (Wildman–Crippen MR) is 61.0 cm³/mol. The number of hydrogen-bond acceptors (Lipinski definition) is 5. The monoisotopic (exact) mass is 232 g/mol. The molecule has 0 atom stereocenters. The van der Waals surface area contributed by atoms with E-state index in [-0.39, 0.29) is 12.3 Å². The molecule has 2 N–H and O–H groups in total. The SMILES string of the molecule is Cc1cc(/C(=N\O)c2ccccc2CO)no1. The molecular weight excluding hydrogens is 220 g/mol. The van der Waals surface area contributed by atoms with E-state index in [4.69, 9.17) is 9.73 Å². The molecule has 0 amide bonds. The Morgan fingerprint density at radius 2 is 2.18 bits per heavy atom. The summed E-state index contributed by atoms with van der Waals surface area (Å²) < 4.78 is 4.94. The summed E-state index contributed by atoms with van der Waals surface area (Å²) >= 11 is 0. The molecule has 88 valence electrons. The molecule has 1 heterocycles. The molecule has 0 radical (unpaired) electrons. The molecule has 0 fully saturated rings. The van der Waals surface area contributed by atoms with Gasteiger partial charge in [0.15, 0.2) is 0 Å². The predicted octanol–water partition coefficient (Wildman–Crippen LogP) is 1.70. The number of benzene rings is 1. The number of aliphatic hydroxyl groups is 1. The Balaban J connectivity index is 2.50. The van der Waals surface area contributed by atoms with Crippen molar-refractivity contribution in [2.24, 2.45) is 5.16 Å². The molecule has 1 aromatic carbocycles. The van der Waals surface area contributed by atoms with Gasteiger partial charge < -0.3 is 14.8 Å². The van der Waals surface area contributed by atoms with Crippen LogP contribution in [0.5, 0.6) is 0 Å². The fourth-order valence-electron chi connectivity index (χ4n) is 1.61. The fraction of sp³-hybridized carbons (Fsp3) is 0.167. The van der Waals surface area contributed by atoms with Gasteiger partial charge >= 0.3 is 0 Å². The van der Waals surface area contributed by atoms with E-state index in [1.807, 2.05) is 0 Å². The molecule has 0 aliphatic carbocycles. The van der Waals surface area contributed by atoms with Crippen molar-refractivity contribution < 1.29 is 14.8 Å². The second-order valence-electron chi connectivity index (χ2n) is 3.59. The molecule has 0 aliphatic rings. The third kappa shape index (κ3) is 2.19. The van der Waals surface area contributed by atoms with Gasteiger partial charge in [-0.1, -0.05) is 34.6 Å². The minimum absolute atomic E-state index is 0.133. The van der Waals surface area contributed by atoms with Crippen molar-refractivity contribution in [3.05, 3.63) is 52.9 Å². The molecular formula is C12H12N2O3. The van der Waals surface area contributed by atoms with E-state index in [2.05, 4.69) is 10.3 Å². The maximum Gasteiger partial charge on any atom is 0.139 e. The number of hydrogen-bond donors (Lipinski definition) is 2. The highest BCUT2D eigenvalue weighted by Crippen LogP contribution is 2.15. The Morgan fingerprint density at radius 3 is 2.76 bits per heavy atom. The molecule has 0 saturated carbocycles. The van der Waals surface area contributed by atoms with Crippen molar-refractivity contribution in [2.75, 3.05) is 0 Å². The highest BCUT2D eigenvalue weighted by atomic mass is 16.5. The van der Waals surface area contributed by atoms with Crippen LogP contribution in [0.4, 0.5) is 0 Å². The number of rotatable bonds is 3. The van der Waals surface area contributed by atoms with E-state index in [1.54, 1.807) is 37.3 Å². The van der Waals surface area contributed by atoms with Crippen LogP contribution >= 0.6 is 0 Å². The topological polar surface area (TPSA) is 78.9 Å². The van der Waals surface area contributed by atoms with E-state index in [9.17, 15) is 5.11 Å². The van der Waals surface area contributed by atoms with Gasteiger partial charge in [-0.3, -0.25) is 0 Å². The molecule has 2 aromatic rings. The van der Waals surface area contributed by atoms with Gasteiger partial charge in [-0.05, 0) is 12.5 Å². The van der Waals surface area contributed by atoms with Crippen molar-refractivity contribution in [3.8, 4) is 0 Å². The number of nitrogens with zero attached hydrogens (tertiary/aromatic N) is 2. The number of aliphatic hydroxyl groups excluding tert-OH is 1. The molecule has 0 saturated heterocycles. The zero-order chi connectivity index (χ0) is 12.3. The van der Waals surface area contributed by atoms with Crippen LogP contribution in [-0.2, 0) is 6.61 Å². The van der Waals surface area contributed by atoms with Gasteiger partial charge in [-0.25, -0.2) is 0 Å². The van der Waals surface area contributed by atoms with Crippen molar-refractivity contribution in [1.82, 2.24) is 5.16 Å². The summed E-state index contributed by atoms with van der Waals surface area (Å²) in [5.41, 5.74) is 2.02. The average molecular weight is 232 g/mol. The lowest BCUT2D eigenvalue weighted by atomic mass is 10.0. The molecule has 5 heteroatoms. The molecule has 0 bridgehead atoms. The van der Waals surface area contributed by atoms with E-state index >= 15 is 0 Å². The standard InChI is InChI=1S/C12H12N2O3/c1-8-6-11(14-17-8)12(13-16)10-5-3-2-4-9(10)7-15/h2-6,15-16H,7H2,1H3/b13-12-. The number of oxime groups is 1. The summed E-state index contributed by atoms with van der Waals surface area (Å²) in [7, 11) is 0. The first-order valence-electron chi connectivity index (χ1n) is 5.11. The lowest BCUT2D eigenvalue weighted by Crippen LogP contribution is -2.07. The zero-order valence-electron chi connectivity index (χ0n) is 9.29. The van der Waals surface area contributed by atoms with Crippen molar-refractivity contribution in [3.63, 3.8) is 0 Å². The largest absolute Gasteiger partial charge is 0.410 e. The third-order valence-corrected chi connectivity index (χ3v) is 2.41. The van der Waals surface area contributed by atoms with Gasteiger partial charge in [-0.2, -0.15) is 0 Å². The summed E-state index contributed by atoms with van der Waals surface area (Å²) in [4.78, 5) is 0. The Bertz CT molecular complexity index is 546. The molecule has 2 rings (SSSR count). The summed E-state index contributed by atoms with van der Waals surface area (Å²) in [5.74, 6) is 0.627. The van der Waals surface area contributed by atoms with Crippen LogP contribution in [-0.4, -0.2) is 21.2 Å². The van der Waals surface area contributed by atoms with Crippen LogP contribution in [0.25, 0.3) is 0 Å². The van der Waals surface area contributed by atoms with Crippen LogP contribution in [0, 0.1) is 6.92 Å². The smallest absolute Gasteiger partial charge is 0.139 e. The maximum atomic E-state index is 9.23. The highest BCUT2D eigenvalue weighted by Gasteiger charge is 2.15. The van der Waals surface area contributed by atoms with Crippen LogP contribution in [0.3, 0.4) is 0 Å². The molecule has 17 heavy (non-hydrogen) atoms. The van der Waals surface area contributed by atoms with Gasteiger partial charge in [0, 0.05) is 11.6 Å². The molecule has 5 nitrogen and oxygen atoms in total. The second kappa shape index (κ2) is 4.80. The Kier molecular flexibility index (Phi) is 3.20. The molecule has 0 aliphatic heterocycles. The van der Waals surface area contributed by atoms with Crippen LogP contribution < -0.4 is 0 Å². The average Bonchev–Trinajstić information content (AvgIpc) is 2.77. The molecule has 0 unspecified atom stereocenters. The summed E-state index contributed by atoms with van der Waals surface area (Å²) in [6.07, 6.45) is 0. The Labute approximate surface area is 98.0 Å². The highest BCUT2D eigenvalue weighted by molar-refractivity contribution is 6.12. The van der Waals surface area contributed by atoms with Crippen molar-refractivity contribution in [2.45, 2.75) is 13.5 Å². The lowest BCUT2D eigenvalue weighted by molar-refractivity contribution is 0.281. The zero-order valence-corrected chi connectivity index (χ0v) is 9.29. The first kappa shape index (κ1) is 11.3. The summed E-state index contributed by atoms with van der Waals surface area (Å²) in [6.45, 7) is 1.62. The normalized spacial score (nSPS) is 11.8. The van der Waals surface area contributed by atoms with Crippen molar-refractivity contribution in [1.29, 1.82) is 0 Å². The number of aryl methyl sites for hydroxylation is 1.